The van der Waals surface area contributed by atoms with E-state index < -0.39 is 56.1 Å². The second kappa shape index (κ2) is 15.8. The lowest BCUT2D eigenvalue weighted by Gasteiger charge is -2.26. The lowest BCUT2D eigenvalue weighted by molar-refractivity contribution is -0.152. The number of hydrogen-bond donors (Lipinski definition) is 1. The maximum absolute atomic E-state index is 13.3. The largest absolute Gasteiger partial charge is 0.456 e. The van der Waals surface area contributed by atoms with E-state index in [4.69, 9.17) is 9.47 Å². The van der Waals surface area contributed by atoms with Crippen molar-refractivity contribution in [2.45, 2.75) is 116 Å². The van der Waals surface area contributed by atoms with Crippen molar-refractivity contribution in [1.29, 1.82) is 0 Å². The van der Waals surface area contributed by atoms with Crippen LogP contribution in [0.5, 0.6) is 0 Å². The molecule has 46 heavy (non-hydrogen) atoms. The van der Waals surface area contributed by atoms with Gasteiger partial charge < -0.3 is 9.47 Å². The van der Waals surface area contributed by atoms with E-state index in [0.717, 1.165) is 5.56 Å². The first kappa shape index (κ1) is 41.1. The third kappa shape index (κ3) is 15.1. The van der Waals surface area contributed by atoms with Crippen LogP contribution in [0, 0.1) is 0 Å². The number of nitrogens with zero attached hydrogens (tertiary/aromatic N) is 1. The summed E-state index contributed by atoms with van der Waals surface area (Å²) in [4.78, 5) is 23.8. The summed E-state index contributed by atoms with van der Waals surface area (Å²) in [5.41, 5.74) is 0.0869. The third-order valence-electron chi connectivity index (χ3n) is 5.35. The molecule has 0 aliphatic carbocycles. The Kier molecular flexibility index (Phi) is 14.1. The summed E-state index contributed by atoms with van der Waals surface area (Å²) in [7, 11) is -3.19. The molecule has 1 N–H and O–H groups in total. The van der Waals surface area contributed by atoms with Gasteiger partial charge in [-0.1, -0.05) is 24.3 Å². The highest BCUT2D eigenvalue weighted by Crippen LogP contribution is 2.34. The van der Waals surface area contributed by atoms with Gasteiger partial charge in [-0.2, -0.15) is 17.6 Å². The van der Waals surface area contributed by atoms with Crippen LogP contribution < -0.4 is 4.72 Å². The molecule has 0 radical (unpaired) electrons. The van der Waals surface area contributed by atoms with Crippen LogP contribution in [0.2, 0.25) is 0 Å². The average Bonchev–Trinajstić information content (AvgIpc) is 2.87. The quantitative estimate of drug-likeness (QED) is 0.235. The Morgan fingerprint density at radius 1 is 0.696 bits per heavy atom. The van der Waals surface area contributed by atoms with Crippen LogP contribution in [-0.2, 0) is 31.4 Å². The van der Waals surface area contributed by atoms with Crippen molar-refractivity contribution in [3.8, 4) is 0 Å². The van der Waals surface area contributed by atoms with Crippen LogP contribution in [-0.4, -0.2) is 53.4 Å². The van der Waals surface area contributed by atoms with Crippen LogP contribution in [0.25, 0.3) is 0 Å². The van der Waals surface area contributed by atoms with Crippen molar-refractivity contribution in [3.05, 3.63) is 70.8 Å². The summed E-state index contributed by atoms with van der Waals surface area (Å²) in [6.45, 7) is 20.9. The molecule has 0 aliphatic rings. The van der Waals surface area contributed by atoms with Crippen molar-refractivity contribution in [3.63, 3.8) is 0 Å². The molecule has 2 aromatic rings. The topological polar surface area (TPSA) is 111 Å². The van der Waals surface area contributed by atoms with Crippen LogP contribution in [0.4, 0.5) is 13.2 Å². The molecule has 0 unspecified atom stereocenters. The lowest BCUT2D eigenvalue weighted by Crippen LogP contribution is -2.41. The molecule has 0 aliphatic heterocycles. The highest BCUT2D eigenvalue weighted by molar-refractivity contribution is 7.85. The van der Waals surface area contributed by atoms with Gasteiger partial charge in [0.1, 0.15) is 28.2 Å². The molecule has 13 heteroatoms. The first-order valence-electron chi connectivity index (χ1n) is 14.5. The van der Waals surface area contributed by atoms with Gasteiger partial charge in [0.05, 0.1) is 31.6 Å². The highest BCUT2D eigenvalue weighted by Gasteiger charge is 2.43. The van der Waals surface area contributed by atoms with Gasteiger partial charge in [0, 0.05) is 6.21 Å². The van der Waals surface area contributed by atoms with E-state index in [1.807, 2.05) is 41.5 Å². The molecule has 258 valence electrons. The Hall–Kier alpha value is -2.90. The molecule has 0 amide bonds. The summed E-state index contributed by atoms with van der Waals surface area (Å²) in [6, 6.07) is 9.67. The molecular formula is C33H47F3N2O6S2. The monoisotopic (exact) mass is 688 g/mol. The number of halogens is 3. The first-order valence-corrected chi connectivity index (χ1v) is 16.7. The number of benzene rings is 2. The number of nitrogens with one attached hydrogen (secondary N) is 1. The smallest absolute Gasteiger partial charge is 0.408 e. The Morgan fingerprint density at radius 3 is 1.41 bits per heavy atom. The van der Waals surface area contributed by atoms with E-state index in [1.54, 1.807) is 72.0 Å². The minimum Gasteiger partial charge on any atom is -0.456 e. The molecule has 8 nitrogen and oxygen atoms in total. The van der Waals surface area contributed by atoms with Crippen molar-refractivity contribution in [2.24, 2.45) is 4.40 Å². The normalized spacial score (nSPS) is 14.9. The van der Waals surface area contributed by atoms with Crippen LogP contribution >= 0.6 is 0 Å². The maximum atomic E-state index is 13.3. The van der Waals surface area contributed by atoms with Gasteiger partial charge in [-0.05, 0) is 118 Å². The third-order valence-corrected chi connectivity index (χ3v) is 8.26. The van der Waals surface area contributed by atoms with Gasteiger partial charge in [-0.25, -0.2) is 22.7 Å². The predicted octanol–water partition coefficient (Wildman–Crippen LogP) is 7.82. The minimum atomic E-state index is -4.63. The van der Waals surface area contributed by atoms with Crippen LogP contribution in [0.15, 0.2) is 52.9 Å². The second-order valence-corrected chi connectivity index (χ2v) is 18.2. The average molecular weight is 689 g/mol. The predicted molar refractivity (Wildman–Crippen MR) is 179 cm³/mol. The number of esters is 2. The zero-order valence-corrected chi connectivity index (χ0v) is 30.3. The van der Waals surface area contributed by atoms with Gasteiger partial charge in [-0.3, -0.25) is 0 Å². The Bertz CT molecular complexity index is 1400. The van der Waals surface area contributed by atoms with E-state index in [0.29, 0.717) is 5.56 Å². The fraction of sp³-hybridized carbons (Fsp3) is 0.545. The molecule has 0 saturated heterocycles. The maximum Gasteiger partial charge on any atom is 0.408 e. The fourth-order valence-electron chi connectivity index (χ4n) is 3.07. The summed E-state index contributed by atoms with van der Waals surface area (Å²) >= 11 is 0. The van der Waals surface area contributed by atoms with Gasteiger partial charge in [0.2, 0.25) is 0 Å². The Labute approximate surface area is 276 Å². The summed E-state index contributed by atoms with van der Waals surface area (Å²) in [6.07, 6.45) is -3.07. The van der Waals surface area contributed by atoms with Gasteiger partial charge in [0.25, 0.3) is 0 Å². The van der Waals surface area contributed by atoms with Crippen molar-refractivity contribution >= 4 is 40.1 Å². The van der Waals surface area contributed by atoms with Gasteiger partial charge >= 0.3 is 18.1 Å². The molecule has 0 heterocycles. The summed E-state index contributed by atoms with van der Waals surface area (Å²) in [5, 5.41) is 0. The lowest BCUT2D eigenvalue weighted by atomic mass is 10.0. The molecule has 0 fully saturated rings. The van der Waals surface area contributed by atoms with E-state index in [2.05, 4.69) is 9.12 Å². The molecule has 0 saturated carbocycles. The first-order chi connectivity index (χ1) is 20.6. The number of rotatable bonds is 7. The highest BCUT2D eigenvalue weighted by atomic mass is 32.2. The SMILES string of the molecule is CC(C)(C)OC(=O)c1ccc(C=N[S@](=O)C(C)(C)C)cc1.CC(C)(C)OC(=O)c1ccc([C@H](N[S@](=O)C(C)(C)C)C(F)(F)F)cc1. The summed E-state index contributed by atoms with van der Waals surface area (Å²) in [5.74, 6) is -0.974. The molecule has 2 rings (SSSR count). The van der Waals surface area contributed by atoms with Crippen molar-refractivity contribution in [1.82, 2.24) is 4.72 Å². The molecule has 0 spiro atoms. The van der Waals surface area contributed by atoms with Gasteiger partial charge in [-0.15, -0.1) is 0 Å². The van der Waals surface area contributed by atoms with Gasteiger partial charge in [0.15, 0.2) is 0 Å². The number of carbonyl (C=O) groups is 2. The van der Waals surface area contributed by atoms with E-state index in [-0.39, 0.29) is 21.8 Å². The van der Waals surface area contributed by atoms with E-state index in [9.17, 15) is 31.2 Å². The van der Waals surface area contributed by atoms with E-state index >= 15 is 0 Å². The van der Waals surface area contributed by atoms with Crippen LogP contribution in [0.1, 0.15) is 121 Å². The van der Waals surface area contributed by atoms with Crippen molar-refractivity contribution < 1.29 is 40.7 Å². The number of carbonyl (C=O) groups excluding carboxylic acids is 2. The molecule has 0 bridgehead atoms. The molecular weight excluding hydrogens is 641 g/mol. The molecule has 2 aromatic carbocycles. The minimum absolute atomic E-state index is 0.127. The van der Waals surface area contributed by atoms with Crippen LogP contribution in [0.3, 0.4) is 0 Å². The van der Waals surface area contributed by atoms with Crippen molar-refractivity contribution in [2.75, 3.05) is 0 Å². The summed E-state index contributed by atoms with van der Waals surface area (Å²) < 4.78 is 79.3. The molecule has 3 atom stereocenters. The Balaban J connectivity index is 0.000000467. The number of alkyl halides is 3. The zero-order chi connectivity index (χ0) is 35.9. The standard InChI is InChI=1S/C17H24F3NO3S.C16H23NO3S/c1-15(2,3)24-14(22)12-9-7-11(8-10-12)13(17(18,19)20)21-25(23)16(4,5)6;1-15(2,3)20-14(18)13-9-7-12(8-10-13)11-17-21(19)16(4,5)6/h7-10,13,21H,1-6H3;7-11H,1-6H3/t13-,25+;21-/m01/s1. The Morgan fingerprint density at radius 2 is 1.09 bits per heavy atom. The second-order valence-electron chi connectivity index (χ2n) is 14.3. The van der Waals surface area contributed by atoms with E-state index in [1.165, 1.54) is 24.3 Å². The zero-order valence-electron chi connectivity index (χ0n) is 28.6. The molecule has 0 aromatic heterocycles. The number of hydrogen-bond acceptors (Lipinski definition) is 6. The fourth-order valence-corrected chi connectivity index (χ4v) is 4.44. The number of ether oxygens (including phenoxy) is 2.